The van der Waals surface area contributed by atoms with Gasteiger partial charge in [-0.2, -0.15) is 5.10 Å². The zero-order chi connectivity index (χ0) is 12.1. The van der Waals surface area contributed by atoms with E-state index in [1.807, 2.05) is 6.07 Å². The van der Waals surface area contributed by atoms with Gasteiger partial charge in [0.2, 0.25) is 0 Å². The zero-order valence-electron chi connectivity index (χ0n) is 9.24. The molecular formula is C12H13N3O2. The van der Waals surface area contributed by atoms with Crippen LogP contribution in [-0.4, -0.2) is 32.0 Å². The van der Waals surface area contributed by atoms with E-state index in [1.165, 1.54) is 0 Å². The maximum atomic E-state index is 9.39. The predicted octanol–water partition coefficient (Wildman–Crippen LogP) is 1.17. The zero-order valence-corrected chi connectivity index (χ0v) is 9.24. The van der Waals surface area contributed by atoms with Crippen LogP contribution in [0.5, 0.6) is 5.75 Å². The van der Waals surface area contributed by atoms with Crippen molar-refractivity contribution in [3.63, 3.8) is 0 Å². The molecular weight excluding hydrogens is 218 g/mol. The number of aliphatic hydroxyl groups is 1. The highest BCUT2D eigenvalue weighted by Crippen LogP contribution is 2.20. The molecule has 17 heavy (non-hydrogen) atoms. The van der Waals surface area contributed by atoms with E-state index in [0.29, 0.717) is 24.4 Å². The standard InChI is InChI=1S/C12H13N3O2/c16-6-2-5-12-14-11(8-13-15-12)9-3-1-4-10(17)7-9/h1,3-4,7-8,16-17H,2,5-6H2. The lowest BCUT2D eigenvalue weighted by Gasteiger charge is -2.02. The normalized spacial score (nSPS) is 10.4. The molecule has 0 amide bonds. The van der Waals surface area contributed by atoms with Crippen LogP contribution in [0, 0.1) is 0 Å². The summed E-state index contributed by atoms with van der Waals surface area (Å²) < 4.78 is 0. The summed E-state index contributed by atoms with van der Waals surface area (Å²) in [5, 5.41) is 25.9. The first kappa shape index (κ1) is 11.5. The molecule has 0 saturated carbocycles. The van der Waals surface area contributed by atoms with Crippen LogP contribution in [0.25, 0.3) is 11.3 Å². The lowest BCUT2D eigenvalue weighted by Crippen LogP contribution is -2.00. The number of hydrogen-bond acceptors (Lipinski definition) is 5. The molecule has 0 aliphatic rings. The number of phenols is 1. The van der Waals surface area contributed by atoms with Crippen LogP contribution in [0.1, 0.15) is 12.2 Å². The number of benzene rings is 1. The Kier molecular flexibility index (Phi) is 3.62. The maximum Gasteiger partial charge on any atom is 0.151 e. The molecule has 2 N–H and O–H groups in total. The molecule has 0 saturated heterocycles. The third-order valence-corrected chi connectivity index (χ3v) is 2.30. The van der Waals surface area contributed by atoms with Gasteiger partial charge in [-0.25, -0.2) is 4.98 Å². The highest BCUT2D eigenvalue weighted by atomic mass is 16.3. The minimum Gasteiger partial charge on any atom is -0.508 e. The van der Waals surface area contributed by atoms with E-state index in [1.54, 1.807) is 24.4 Å². The molecule has 0 bridgehead atoms. The molecule has 1 heterocycles. The second kappa shape index (κ2) is 5.36. The minimum absolute atomic E-state index is 0.111. The fourth-order valence-electron chi connectivity index (χ4n) is 1.49. The van der Waals surface area contributed by atoms with E-state index in [2.05, 4.69) is 15.2 Å². The van der Waals surface area contributed by atoms with Crippen LogP contribution >= 0.6 is 0 Å². The Bertz CT molecular complexity index is 503. The SMILES string of the molecule is OCCCc1nncc(-c2cccc(O)c2)n1. The lowest BCUT2D eigenvalue weighted by atomic mass is 10.1. The first-order valence-corrected chi connectivity index (χ1v) is 5.38. The van der Waals surface area contributed by atoms with E-state index in [4.69, 9.17) is 5.11 Å². The Morgan fingerprint density at radius 3 is 2.88 bits per heavy atom. The molecule has 0 spiro atoms. The molecule has 2 aromatic rings. The number of phenolic OH excluding ortho intramolecular Hbond substituents is 1. The van der Waals surface area contributed by atoms with E-state index in [0.717, 1.165) is 5.56 Å². The van der Waals surface area contributed by atoms with Gasteiger partial charge in [-0.1, -0.05) is 12.1 Å². The van der Waals surface area contributed by atoms with Crippen molar-refractivity contribution in [1.29, 1.82) is 0 Å². The second-order valence-corrected chi connectivity index (χ2v) is 3.64. The van der Waals surface area contributed by atoms with Crippen molar-refractivity contribution in [1.82, 2.24) is 15.2 Å². The van der Waals surface area contributed by atoms with Crippen molar-refractivity contribution in [3.05, 3.63) is 36.3 Å². The Hall–Kier alpha value is -2.01. The summed E-state index contributed by atoms with van der Waals surface area (Å²) in [7, 11) is 0. The molecule has 0 aliphatic heterocycles. The van der Waals surface area contributed by atoms with E-state index in [9.17, 15) is 5.11 Å². The average Bonchev–Trinajstić information content (AvgIpc) is 2.37. The van der Waals surface area contributed by atoms with Crippen LogP contribution < -0.4 is 0 Å². The van der Waals surface area contributed by atoms with Crippen molar-refractivity contribution >= 4 is 0 Å². The van der Waals surface area contributed by atoms with Crippen molar-refractivity contribution in [2.75, 3.05) is 6.61 Å². The van der Waals surface area contributed by atoms with Crippen LogP contribution in [0.4, 0.5) is 0 Å². The van der Waals surface area contributed by atoms with Gasteiger partial charge >= 0.3 is 0 Å². The molecule has 0 fully saturated rings. The molecule has 88 valence electrons. The Morgan fingerprint density at radius 2 is 2.12 bits per heavy atom. The van der Waals surface area contributed by atoms with Crippen molar-refractivity contribution < 1.29 is 10.2 Å². The number of nitrogens with zero attached hydrogens (tertiary/aromatic N) is 3. The predicted molar refractivity (Wildman–Crippen MR) is 62.3 cm³/mol. The Morgan fingerprint density at radius 1 is 1.24 bits per heavy atom. The topological polar surface area (TPSA) is 79.1 Å². The molecule has 2 rings (SSSR count). The number of rotatable bonds is 4. The fraction of sp³-hybridized carbons (Fsp3) is 0.250. The largest absolute Gasteiger partial charge is 0.508 e. The quantitative estimate of drug-likeness (QED) is 0.825. The Balaban J connectivity index is 2.26. The highest BCUT2D eigenvalue weighted by molar-refractivity contribution is 5.59. The van der Waals surface area contributed by atoms with Gasteiger partial charge in [0.15, 0.2) is 5.82 Å². The van der Waals surface area contributed by atoms with Gasteiger partial charge in [0.1, 0.15) is 5.75 Å². The van der Waals surface area contributed by atoms with Gasteiger partial charge in [-0.15, -0.1) is 5.10 Å². The monoisotopic (exact) mass is 231 g/mol. The average molecular weight is 231 g/mol. The first-order chi connectivity index (χ1) is 8.29. The van der Waals surface area contributed by atoms with E-state index < -0.39 is 0 Å². The molecule has 0 aliphatic carbocycles. The number of aromatic hydroxyl groups is 1. The van der Waals surface area contributed by atoms with Gasteiger partial charge in [-0.3, -0.25) is 0 Å². The maximum absolute atomic E-state index is 9.39. The molecule has 0 unspecified atom stereocenters. The minimum atomic E-state index is 0.111. The molecule has 5 nitrogen and oxygen atoms in total. The van der Waals surface area contributed by atoms with Crippen LogP contribution in [0.3, 0.4) is 0 Å². The lowest BCUT2D eigenvalue weighted by molar-refractivity contribution is 0.287. The highest BCUT2D eigenvalue weighted by Gasteiger charge is 2.04. The molecule has 0 atom stereocenters. The molecule has 5 heteroatoms. The van der Waals surface area contributed by atoms with Crippen LogP contribution in [0.2, 0.25) is 0 Å². The number of aryl methyl sites for hydroxylation is 1. The van der Waals surface area contributed by atoms with Crippen molar-refractivity contribution in [3.8, 4) is 17.0 Å². The fourth-order valence-corrected chi connectivity index (χ4v) is 1.49. The Labute approximate surface area is 98.8 Å². The smallest absolute Gasteiger partial charge is 0.151 e. The number of aliphatic hydroxyl groups excluding tert-OH is 1. The third-order valence-electron chi connectivity index (χ3n) is 2.30. The summed E-state index contributed by atoms with van der Waals surface area (Å²) in [5.74, 6) is 0.790. The molecule has 0 radical (unpaired) electrons. The summed E-state index contributed by atoms with van der Waals surface area (Å²) in [4.78, 5) is 4.33. The second-order valence-electron chi connectivity index (χ2n) is 3.64. The molecule has 1 aromatic heterocycles. The summed E-state index contributed by atoms with van der Waals surface area (Å²) in [6, 6.07) is 6.82. The number of hydrogen-bond donors (Lipinski definition) is 2. The summed E-state index contributed by atoms with van der Waals surface area (Å²) >= 11 is 0. The van der Waals surface area contributed by atoms with Gasteiger partial charge in [-0.05, 0) is 18.6 Å². The van der Waals surface area contributed by atoms with E-state index >= 15 is 0 Å². The first-order valence-electron chi connectivity index (χ1n) is 5.38. The van der Waals surface area contributed by atoms with Crippen molar-refractivity contribution in [2.24, 2.45) is 0 Å². The van der Waals surface area contributed by atoms with Crippen LogP contribution in [0.15, 0.2) is 30.5 Å². The summed E-state index contributed by atoms with van der Waals surface area (Å²) in [6.45, 7) is 0.111. The summed E-state index contributed by atoms with van der Waals surface area (Å²) in [6.07, 6.45) is 2.76. The van der Waals surface area contributed by atoms with E-state index in [-0.39, 0.29) is 12.4 Å². The summed E-state index contributed by atoms with van der Waals surface area (Å²) in [5.41, 5.74) is 1.47. The van der Waals surface area contributed by atoms with Gasteiger partial charge in [0, 0.05) is 18.6 Å². The molecule has 1 aromatic carbocycles. The van der Waals surface area contributed by atoms with Crippen molar-refractivity contribution in [2.45, 2.75) is 12.8 Å². The van der Waals surface area contributed by atoms with Crippen LogP contribution in [-0.2, 0) is 6.42 Å². The van der Waals surface area contributed by atoms with Gasteiger partial charge in [0.25, 0.3) is 0 Å². The van der Waals surface area contributed by atoms with Gasteiger partial charge in [0.05, 0.1) is 11.9 Å². The number of aromatic nitrogens is 3. The van der Waals surface area contributed by atoms with Gasteiger partial charge < -0.3 is 10.2 Å². The third kappa shape index (κ3) is 2.98.